The zero-order valence-corrected chi connectivity index (χ0v) is 20.4. The number of thiazole rings is 1. The number of hydrogen-bond acceptors (Lipinski definition) is 7. The van der Waals surface area contributed by atoms with E-state index in [-0.39, 0.29) is 11.4 Å². The summed E-state index contributed by atoms with van der Waals surface area (Å²) >= 11 is 5.29. The van der Waals surface area contributed by atoms with Gasteiger partial charge >= 0.3 is 0 Å². The number of rotatable bonds is 7. The van der Waals surface area contributed by atoms with E-state index >= 15 is 0 Å². The molecule has 1 aromatic carbocycles. The van der Waals surface area contributed by atoms with Gasteiger partial charge in [-0.05, 0) is 23.6 Å². The number of ether oxygens (including phenoxy) is 1. The van der Waals surface area contributed by atoms with Gasteiger partial charge < -0.3 is 10.1 Å². The zero-order valence-electron chi connectivity index (χ0n) is 17.9. The summed E-state index contributed by atoms with van der Waals surface area (Å²) in [7, 11) is 0. The van der Waals surface area contributed by atoms with Crippen LogP contribution in [0.1, 0.15) is 11.3 Å². The smallest absolute Gasteiger partial charge is 0.225 e. The molecule has 2 aliphatic heterocycles. The van der Waals surface area contributed by atoms with Crippen molar-refractivity contribution in [1.82, 2.24) is 15.2 Å². The van der Waals surface area contributed by atoms with E-state index in [1.54, 1.807) is 22.7 Å². The molecule has 2 fully saturated rings. The molecule has 0 spiro atoms. The Morgan fingerprint density at radius 3 is 2.72 bits per heavy atom. The Bertz CT molecular complexity index is 1020. The minimum atomic E-state index is 0.0591. The summed E-state index contributed by atoms with van der Waals surface area (Å²) in [6.45, 7) is 4.18. The van der Waals surface area contributed by atoms with Crippen molar-refractivity contribution in [2.45, 2.75) is 18.4 Å². The minimum absolute atomic E-state index is 0.0591. The summed E-state index contributed by atoms with van der Waals surface area (Å²) < 4.78 is 5.56. The summed E-state index contributed by atoms with van der Waals surface area (Å²) in [5.74, 6) is 2.31. The van der Waals surface area contributed by atoms with Crippen LogP contribution < -0.4 is 5.32 Å². The summed E-state index contributed by atoms with van der Waals surface area (Å²) in [5.41, 5.74) is 2.10. The number of hydrogen-bond donors (Lipinski definition) is 1. The number of thiophene rings is 1. The number of thioether (sulfide) groups is 1. The van der Waals surface area contributed by atoms with Crippen molar-refractivity contribution in [2.24, 2.45) is 0 Å². The van der Waals surface area contributed by atoms with Crippen LogP contribution in [0.3, 0.4) is 0 Å². The summed E-state index contributed by atoms with van der Waals surface area (Å²) in [6.07, 6.45) is 1.49. The molecule has 5 rings (SSSR count). The number of morpholine rings is 1. The molecule has 2 aliphatic rings. The Morgan fingerprint density at radius 1 is 1.16 bits per heavy atom. The van der Waals surface area contributed by atoms with Crippen molar-refractivity contribution < 1.29 is 9.53 Å². The van der Waals surface area contributed by atoms with Crippen LogP contribution >= 0.6 is 34.4 Å². The molecule has 8 heteroatoms. The lowest BCUT2D eigenvalue weighted by molar-refractivity contribution is -0.121. The molecular formula is C24H27N3O2S3. The third-order valence-corrected chi connectivity index (χ3v) is 9.39. The topological polar surface area (TPSA) is 54.5 Å². The van der Waals surface area contributed by atoms with Crippen molar-refractivity contribution >= 4 is 40.3 Å². The van der Waals surface area contributed by atoms with E-state index in [0.717, 1.165) is 70.2 Å². The molecule has 2 saturated heterocycles. The lowest BCUT2D eigenvalue weighted by atomic mass is 9.95. The Hall–Kier alpha value is -1.71. The van der Waals surface area contributed by atoms with Crippen LogP contribution in [-0.2, 0) is 16.0 Å². The first-order chi connectivity index (χ1) is 15.7. The van der Waals surface area contributed by atoms with Crippen LogP contribution in [0.2, 0.25) is 0 Å². The van der Waals surface area contributed by atoms with Crippen molar-refractivity contribution in [1.29, 1.82) is 0 Å². The highest BCUT2D eigenvalue weighted by molar-refractivity contribution is 7.99. The minimum Gasteiger partial charge on any atom is -0.379 e. The zero-order chi connectivity index (χ0) is 21.8. The quantitative estimate of drug-likeness (QED) is 0.537. The standard InChI is InChI=1S/C24H27N3O2S3/c28-21(25-16-24(8-14-30-17-24)27-9-11-29-12-10-27)15-20-22(19-7-4-13-31-19)26-23(32-20)18-5-2-1-3-6-18/h1-7,13H,8-12,14-17H2,(H,25,28). The largest absolute Gasteiger partial charge is 0.379 e. The fourth-order valence-corrected chi connectivity index (χ4v) is 7.75. The van der Waals surface area contributed by atoms with Gasteiger partial charge in [-0.25, -0.2) is 4.98 Å². The van der Waals surface area contributed by atoms with E-state index < -0.39 is 0 Å². The lowest BCUT2D eigenvalue weighted by Crippen LogP contribution is -2.59. The highest BCUT2D eigenvalue weighted by Crippen LogP contribution is 2.37. The van der Waals surface area contributed by atoms with Gasteiger partial charge in [-0.1, -0.05) is 36.4 Å². The Labute approximate surface area is 201 Å². The Kier molecular flexibility index (Phi) is 6.94. The molecular weight excluding hydrogens is 458 g/mol. The van der Waals surface area contributed by atoms with E-state index in [9.17, 15) is 4.79 Å². The normalized spacial score (nSPS) is 21.6. The molecule has 0 radical (unpaired) electrons. The van der Waals surface area contributed by atoms with E-state index in [1.807, 2.05) is 36.0 Å². The number of nitrogens with zero attached hydrogens (tertiary/aromatic N) is 2. The van der Waals surface area contributed by atoms with Crippen molar-refractivity contribution in [3.63, 3.8) is 0 Å². The average Bonchev–Trinajstić information content (AvgIpc) is 3.60. The van der Waals surface area contributed by atoms with E-state index in [4.69, 9.17) is 9.72 Å². The van der Waals surface area contributed by atoms with Gasteiger partial charge in [-0.2, -0.15) is 11.8 Å². The molecule has 1 unspecified atom stereocenters. The molecule has 3 aromatic rings. The number of carbonyl (C=O) groups excluding carboxylic acids is 1. The molecule has 0 aliphatic carbocycles. The average molecular weight is 486 g/mol. The van der Waals surface area contributed by atoms with Crippen LogP contribution in [0.25, 0.3) is 21.1 Å². The Morgan fingerprint density at radius 2 is 2.00 bits per heavy atom. The van der Waals surface area contributed by atoms with Gasteiger partial charge in [-0.15, -0.1) is 22.7 Å². The van der Waals surface area contributed by atoms with Crippen molar-refractivity contribution in [2.75, 3.05) is 44.4 Å². The maximum Gasteiger partial charge on any atom is 0.225 e. The van der Waals surface area contributed by atoms with Gasteiger partial charge in [0.05, 0.1) is 30.2 Å². The first-order valence-corrected chi connectivity index (χ1v) is 13.8. The molecule has 2 aromatic heterocycles. The van der Waals surface area contributed by atoms with E-state index in [0.29, 0.717) is 13.0 Å². The summed E-state index contributed by atoms with van der Waals surface area (Å²) in [6, 6.07) is 14.3. The second kappa shape index (κ2) is 10.1. The highest BCUT2D eigenvalue weighted by Gasteiger charge is 2.40. The molecule has 5 nitrogen and oxygen atoms in total. The molecule has 32 heavy (non-hydrogen) atoms. The number of carbonyl (C=O) groups is 1. The van der Waals surface area contributed by atoms with Crippen molar-refractivity contribution in [3.8, 4) is 21.1 Å². The second-order valence-electron chi connectivity index (χ2n) is 8.21. The van der Waals surface area contributed by atoms with Crippen LogP contribution in [0.15, 0.2) is 47.8 Å². The third-order valence-electron chi connectivity index (χ3n) is 6.17. The lowest BCUT2D eigenvalue weighted by Gasteiger charge is -2.43. The molecule has 0 bridgehead atoms. The van der Waals surface area contributed by atoms with Gasteiger partial charge in [0.25, 0.3) is 0 Å². The maximum absolute atomic E-state index is 13.1. The van der Waals surface area contributed by atoms with Crippen LogP contribution in [0, 0.1) is 0 Å². The molecule has 168 valence electrons. The van der Waals surface area contributed by atoms with Crippen molar-refractivity contribution in [3.05, 3.63) is 52.7 Å². The fraction of sp³-hybridized carbons (Fsp3) is 0.417. The highest BCUT2D eigenvalue weighted by atomic mass is 32.2. The van der Waals surface area contributed by atoms with Gasteiger partial charge in [0.15, 0.2) is 0 Å². The van der Waals surface area contributed by atoms with Crippen LogP contribution in [-0.4, -0.2) is 65.7 Å². The van der Waals surface area contributed by atoms with Gasteiger partial charge in [0.1, 0.15) is 5.01 Å². The predicted octanol–water partition coefficient (Wildman–Crippen LogP) is 4.41. The molecule has 0 saturated carbocycles. The molecule has 1 atom stereocenters. The second-order valence-corrected chi connectivity index (χ2v) is 11.4. The predicted molar refractivity (Wildman–Crippen MR) is 135 cm³/mol. The maximum atomic E-state index is 13.1. The van der Waals surface area contributed by atoms with Crippen LogP contribution in [0.4, 0.5) is 0 Å². The SMILES string of the molecule is O=C(Cc1sc(-c2ccccc2)nc1-c1cccs1)NCC1(N2CCOCC2)CCSC1. The van der Waals surface area contributed by atoms with Gasteiger partial charge in [0, 0.05) is 41.4 Å². The third kappa shape index (κ3) is 4.79. The summed E-state index contributed by atoms with van der Waals surface area (Å²) in [4.78, 5) is 22.7. The molecule has 4 heterocycles. The first-order valence-electron chi connectivity index (χ1n) is 11.0. The van der Waals surface area contributed by atoms with E-state index in [1.165, 1.54) is 0 Å². The number of benzene rings is 1. The number of amides is 1. The Balaban J connectivity index is 1.32. The molecule has 1 N–H and O–H groups in total. The van der Waals surface area contributed by atoms with Gasteiger partial charge in [0.2, 0.25) is 5.91 Å². The van der Waals surface area contributed by atoms with Gasteiger partial charge in [-0.3, -0.25) is 9.69 Å². The first kappa shape index (κ1) is 22.1. The number of nitrogens with one attached hydrogen (secondary N) is 1. The number of aromatic nitrogens is 1. The monoisotopic (exact) mass is 485 g/mol. The van der Waals surface area contributed by atoms with Crippen LogP contribution in [0.5, 0.6) is 0 Å². The summed E-state index contributed by atoms with van der Waals surface area (Å²) in [5, 5.41) is 6.31. The molecule has 1 amide bonds. The fourth-order valence-electron chi connectivity index (χ4n) is 4.39. The van der Waals surface area contributed by atoms with E-state index in [2.05, 4.69) is 33.8 Å².